The van der Waals surface area contributed by atoms with Crippen molar-refractivity contribution >= 4 is 17.9 Å². The van der Waals surface area contributed by atoms with Gasteiger partial charge in [0, 0.05) is 19.3 Å². The number of rotatable bonds is 60. The van der Waals surface area contributed by atoms with Gasteiger partial charge in [0.25, 0.3) is 0 Å². The Labute approximate surface area is 489 Å². The van der Waals surface area contributed by atoms with Crippen molar-refractivity contribution in [2.45, 2.75) is 322 Å². The van der Waals surface area contributed by atoms with Gasteiger partial charge in [-0.15, -0.1) is 0 Å². The molecule has 0 aliphatic carbocycles. The monoisotopic (exact) mass is 1100 g/mol. The number of carbonyl (C=O) groups excluding carboxylic acids is 3. The van der Waals surface area contributed by atoms with E-state index in [2.05, 4.69) is 130 Å². The Morgan fingerprint density at radius 2 is 0.494 bits per heavy atom. The van der Waals surface area contributed by atoms with Crippen LogP contribution in [0.4, 0.5) is 0 Å². The highest BCUT2D eigenvalue weighted by molar-refractivity contribution is 5.71. The van der Waals surface area contributed by atoms with E-state index < -0.39 is 6.10 Å². The first-order valence-corrected chi connectivity index (χ1v) is 33.4. The lowest BCUT2D eigenvalue weighted by molar-refractivity contribution is -0.167. The molecule has 0 aromatic rings. The number of ether oxygens (including phenoxy) is 3. The zero-order valence-corrected chi connectivity index (χ0v) is 51.9. The van der Waals surface area contributed by atoms with Gasteiger partial charge in [0.05, 0.1) is 0 Å². The van der Waals surface area contributed by atoms with E-state index >= 15 is 0 Å². The van der Waals surface area contributed by atoms with E-state index in [1.807, 2.05) is 0 Å². The van der Waals surface area contributed by atoms with Gasteiger partial charge in [0.1, 0.15) is 13.2 Å². The van der Waals surface area contributed by atoms with E-state index in [0.29, 0.717) is 19.3 Å². The van der Waals surface area contributed by atoms with Crippen LogP contribution in [0.3, 0.4) is 0 Å². The minimum atomic E-state index is -0.781. The Morgan fingerprint density at radius 1 is 0.266 bits per heavy atom. The van der Waals surface area contributed by atoms with Crippen LogP contribution >= 0.6 is 0 Å². The summed E-state index contributed by atoms with van der Waals surface area (Å²) < 4.78 is 16.8. The van der Waals surface area contributed by atoms with Gasteiger partial charge >= 0.3 is 17.9 Å². The maximum Gasteiger partial charge on any atom is 0.306 e. The summed E-state index contributed by atoms with van der Waals surface area (Å²) in [6, 6.07) is 0. The summed E-state index contributed by atoms with van der Waals surface area (Å²) in [6.45, 7) is 6.44. The molecule has 0 fully saturated rings. The van der Waals surface area contributed by atoms with Crippen LogP contribution in [0.2, 0.25) is 0 Å². The topological polar surface area (TPSA) is 78.9 Å². The third-order valence-electron chi connectivity index (χ3n) is 14.3. The molecule has 6 heteroatoms. The zero-order valence-electron chi connectivity index (χ0n) is 51.9. The maximum atomic E-state index is 12.8. The molecule has 0 amide bonds. The summed E-state index contributed by atoms with van der Waals surface area (Å²) in [5.41, 5.74) is 0. The summed E-state index contributed by atoms with van der Waals surface area (Å²) in [5, 5.41) is 0. The normalized spacial score (nSPS) is 12.8. The molecule has 0 radical (unpaired) electrons. The quantitative estimate of drug-likeness (QED) is 0.0261. The molecule has 0 heterocycles. The number of unbranched alkanes of at least 4 members (excludes halogenated alkanes) is 31. The lowest BCUT2D eigenvalue weighted by Crippen LogP contribution is -2.30. The predicted octanol–water partition coefficient (Wildman–Crippen LogP) is 23.0. The third kappa shape index (κ3) is 64.8. The Balaban J connectivity index is 3.99. The third-order valence-corrected chi connectivity index (χ3v) is 14.3. The van der Waals surface area contributed by atoms with Crippen LogP contribution in [-0.2, 0) is 28.6 Å². The van der Waals surface area contributed by atoms with Crippen molar-refractivity contribution in [3.63, 3.8) is 0 Å². The highest BCUT2D eigenvalue weighted by Gasteiger charge is 2.19. The molecule has 0 saturated carbocycles. The first-order chi connectivity index (χ1) is 39.0. The fraction of sp³-hybridized carbons (Fsp3) is 0.712. The molecule has 452 valence electrons. The fourth-order valence-corrected chi connectivity index (χ4v) is 9.28. The Bertz CT molecular complexity index is 1590. The Kier molecular flexibility index (Phi) is 63.3. The largest absolute Gasteiger partial charge is 0.462 e. The van der Waals surface area contributed by atoms with Crippen LogP contribution < -0.4 is 0 Å². The van der Waals surface area contributed by atoms with Crippen molar-refractivity contribution in [2.75, 3.05) is 13.2 Å². The van der Waals surface area contributed by atoms with Crippen molar-refractivity contribution in [3.8, 4) is 0 Å². The summed E-state index contributed by atoms with van der Waals surface area (Å²) in [5.74, 6) is -0.900. The average Bonchev–Trinajstić information content (AvgIpc) is 3.45. The Hall–Kier alpha value is -3.93. The second-order valence-corrected chi connectivity index (χ2v) is 22.0. The van der Waals surface area contributed by atoms with Gasteiger partial charge in [-0.2, -0.15) is 0 Å². The van der Waals surface area contributed by atoms with Crippen LogP contribution in [0.5, 0.6) is 0 Å². The molecule has 0 spiro atoms. The standard InChI is InChI=1S/C73H124O6/c1-4-7-10-13-15-17-19-21-23-25-27-29-30-31-32-33-34-35-36-37-38-39-40-41-42-44-45-47-49-51-53-55-57-60-63-66-72(75)78-69-70(68-77-71(74)65-62-59-12-9-6-3)79-73(76)67-64-61-58-56-54-52-50-48-46-43-28-26-24-22-20-18-16-14-11-8-5-2/h7,10,15,17,20-23,26-29,31-32,34-35,46,48,70H,4-6,8-9,11-14,16,18-19,24-25,30,33,36-45,47,49-69H2,1-3H3/b10-7-,17-15-,22-20-,23-21-,28-26-,29-27-,32-31-,35-34-,48-46-. The predicted molar refractivity (Wildman–Crippen MR) is 343 cm³/mol. The van der Waals surface area contributed by atoms with Gasteiger partial charge in [-0.05, 0) is 109 Å². The molecule has 0 aliphatic rings. The molecular weight excluding hydrogens is 973 g/mol. The molecular formula is C73H124O6. The van der Waals surface area contributed by atoms with Gasteiger partial charge in [0.2, 0.25) is 0 Å². The molecule has 0 rings (SSSR count). The summed E-state index contributed by atoms with van der Waals surface area (Å²) in [7, 11) is 0. The molecule has 0 aliphatic heterocycles. The van der Waals surface area contributed by atoms with Gasteiger partial charge in [-0.25, -0.2) is 0 Å². The van der Waals surface area contributed by atoms with Crippen molar-refractivity contribution in [1.82, 2.24) is 0 Å². The van der Waals surface area contributed by atoms with E-state index in [4.69, 9.17) is 14.2 Å². The summed E-state index contributed by atoms with van der Waals surface area (Å²) in [6.07, 6.45) is 91.6. The zero-order chi connectivity index (χ0) is 57.1. The number of hydrogen-bond acceptors (Lipinski definition) is 6. The maximum absolute atomic E-state index is 12.8. The number of allylic oxidation sites excluding steroid dienone is 18. The molecule has 1 atom stereocenters. The molecule has 0 saturated heterocycles. The smallest absolute Gasteiger partial charge is 0.306 e. The molecule has 79 heavy (non-hydrogen) atoms. The highest BCUT2D eigenvalue weighted by atomic mass is 16.6. The van der Waals surface area contributed by atoms with Crippen LogP contribution in [0.15, 0.2) is 109 Å². The Morgan fingerprint density at radius 3 is 0.772 bits per heavy atom. The summed E-state index contributed by atoms with van der Waals surface area (Å²) in [4.78, 5) is 37.9. The molecule has 6 nitrogen and oxygen atoms in total. The average molecular weight is 1100 g/mol. The van der Waals surface area contributed by atoms with Gasteiger partial charge < -0.3 is 14.2 Å². The van der Waals surface area contributed by atoms with Crippen molar-refractivity contribution < 1.29 is 28.6 Å². The van der Waals surface area contributed by atoms with Crippen LogP contribution in [0, 0.1) is 0 Å². The summed E-state index contributed by atoms with van der Waals surface area (Å²) >= 11 is 0. The second-order valence-electron chi connectivity index (χ2n) is 22.0. The number of esters is 3. The number of hydrogen-bond donors (Lipinski definition) is 0. The van der Waals surface area contributed by atoms with Gasteiger partial charge in [-0.1, -0.05) is 297 Å². The second kappa shape index (κ2) is 66.6. The lowest BCUT2D eigenvalue weighted by Gasteiger charge is -2.18. The number of carbonyl (C=O) groups is 3. The first-order valence-electron chi connectivity index (χ1n) is 33.4. The van der Waals surface area contributed by atoms with E-state index in [1.165, 1.54) is 148 Å². The minimum Gasteiger partial charge on any atom is -0.462 e. The molecule has 0 bridgehead atoms. The fourth-order valence-electron chi connectivity index (χ4n) is 9.28. The van der Waals surface area contributed by atoms with Crippen molar-refractivity contribution in [1.29, 1.82) is 0 Å². The molecule has 0 N–H and O–H groups in total. The van der Waals surface area contributed by atoms with Gasteiger partial charge in [0.15, 0.2) is 6.10 Å². The molecule has 1 unspecified atom stereocenters. The molecule has 0 aromatic heterocycles. The minimum absolute atomic E-state index is 0.0813. The van der Waals surface area contributed by atoms with Crippen LogP contribution in [0.25, 0.3) is 0 Å². The first kappa shape index (κ1) is 75.1. The van der Waals surface area contributed by atoms with E-state index in [0.717, 1.165) is 128 Å². The van der Waals surface area contributed by atoms with Gasteiger partial charge in [-0.3, -0.25) is 14.4 Å². The van der Waals surface area contributed by atoms with Crippen LogP contribution in [-0.4, -0.2) is 37.2 Å². The van der Waals surface area contributed by atoms with E-state index in [1.54, 1.807) is 0 Å². The van der Waals surface area contributed by atoms with Crippen molar-refractivity contribution in [3.05, 3.63) is 109 Å². The van der Waals surface area contributed by atoms with Crippen LogP contribution in [0.1, 0.15) is 316 Å². The van der Waals surface area contributed by atoms with Crippen molar-refractivity contribution in [2.24, 2.45) is 0 Å². The lowest BCUT2D eigenvalue weighted by atomic mass is 10.0. The SMILES string of the molecule is CC/C=C\C/C=C\C/C=C\C/C=C\C/C=C\C/C=C\CCCCCCCCCCCCCCCCCCC(=O)OCC(COC(=O)CCCCCCC)OC(=O)CCCCCCCC/C=C\C/C=C\C/C=C\CCCCCCC. The van der Waals surface area contributed by atoms with E-state index in [9.17, 15) is 14.4 Å². The molecule has 0 aromatic carbocycles. The highest BCUT2D eigenvalue weighted by Crippen LogP contribution is 2.16. The van der Waals surface area contributed by atoms with E-state index in [-0.39, 0.29) is 31.1 Å².